The Morgan fingerprint density at radius 2 is 1.78 bits per heavy atom. The first-order valence-electron chi connectivity index (χ1n) is 6.18. The molecule has 1 heterocycles. The van der Waals surface area contributed by atoms with Crippen LogP contribution in [0.1, 0.15) is 29.5 Å². The van der Waals surface area contributed by atoms with Crippen molar-refractivity contribution < 1.29 is 13.5 Å². The molecule has 0 spiro atoms. The summed E-state index contributed by atoms with van der Waals surface area (Å²) in [4.78, 5) is 0.332. The summed E-state index contributed by atoms with van der Waals surface area (Å²) in [6, 6.07) is 3.44. The average molecular weight is 269 g/mol. The smallest absolute Gasteiger partial charge is 0.243 e. The Balaban J connectivity index is 2.49. The molecular weight excluding hydrogens is 250 g/mol. The standard InChI is InChI=1S/C13H19NO3S/c1-10-7-11(2)13(8-12(10)9-15)18(16,17)14-5-3-4-6-14/h7-8,15H,3-6,9H2,1-2H3. The van der Waals surface area contributed by atoms with E-state index >= 15 is 0 Å². The number of aliphatic hydroxyl groups excluding tert-OH is 1. The van der Waals surface area contributed by atoms with Gasteiger partial charge in [-0.25, -0.2) is 8.42 Å². The van der Waals surface area contributed by atoms with Gasteiger partial charge in [0, 0.05) is 13.1 Å². The van der Waals surface area contributed by atoms with Crippen molar-refractivity contribution in [3.63, 3.8) is 0 Å². The lowest BCUT2D eigenvalue weighted by molar-refractivity contribution is 0.280. The number of aryl methyl sites for hydroxylation is 2. The molecule has 18 heavy (non-hydrogen) atoms. The van der Waals surface area contributed by atoms with Gasteiger partial charge >= 0.3 is 0 Å². The Labute approximate surface area is 108 Å². The molecule has 0 atom stereocenters. The molecule has 5 heteroatoms. The van der Waals surface area contributed by atoms with E-state index in [1.165, 1.54) is 4.31 Å². The molecule has 1 aromatic carbocycles. The van der Waals surface area contributed by atoms with Crippen LogP contribution >= 0.6 is 0 Å². The van der Waals surface area contributed by atoms with E-state index in [1.807, 2.05) is 13.0 Å². The topological polar surface area (TPSA) is 57.6 Å². The third-order valence-electron chi connectivity index (χ3n) is 3.49. The van der Waals surface area contributed by atoms with Crippen molar-refractivity contribution in [2.45, 2.75) is 38.2 Å². The van der Waals surface area contributed by atoms with E-state index < -0.39 is 10.0 Å². The summed E-state index contributed by atoms with van der Waals surface area (Å²) >= 11 is 0. The van der Waals surface area contributed by atoms with Gasteiger partial charge < -0.3 is 5.11 Å². The van der Waals surface area contributed by atoms with Crippen molar-refractivity contribution in [1.82, 2.24) is 4.31 Å². The molecule has 0 radical (unpaired) electrons. The van der Waals surface area contributed by atoms with E-state index in [4.69, 9.17) is 0 Å². The van der Waals surface area contributed by atoms with E-state index in [9.17, 15) is 13.5 Å². The first-order valence-corrected chi connectivity index (χ1v) is 7.62. The van der Waals surface area contributed by atoms with Gasteiger partial charge in [0.15, 0.2) is 0 Å². The zero-order chi connectivity index (χ0) is 13.3. The normalized spacial score (nSPS) is 17.3. The Hall–Kier alpha value is -0.910. The van der Waals surface area contributed by atoms with Crippen LogP contribution in [-0.4, -0.2) is 30.9 Å². The minimum atomic E-state index is -3.40. The highest BCUT2D eigenvalue weighted by Gasteiger charge is 2.28. The van der Waals surface area contributed by atoms with Crippen molar-refractivity contribution >= 4 is 10.0 Å². The van der Waals surface area contributed by atoms with E-state index in [0.717, 1.165) is 24.0 Å². The summed E-state index contributed by atoms with van der Waals surface area (Å²) in [7, 11) is -3.40. The molecule has 0 aliphatic carbocycles. The maximum absolute atomic E-state index is 12.5. The second kappa shape index (κ2) is 4.99. The molecule has 100 valence electrons. The fourth-order valence-corrected chi connectivity index (χ4v) is 4.16. The molecule has 0 saturated carbocycles. The van der Waals surface area contributed by atoms with Gasteiger partial charge in [-0.3, -0.25) is 0 Å². The van der Waals surface area contributed by atoms with Crippen molar-refractivity contribution in [3.05, 3.63) is 28.8 Å². The van der Waals surface area contributed by atoms with Crippen molar-refractivity contribution in [3.8, 4) is 0 Å². The van der Waals surface area contributed by atoms with E-state index in [2.05, 4.69) is 0 Å². The molecule has 0 amide bonds. The maximum atomic E-state index is 12.5. The third kappa shape index (κ3) is 2.30. The van der Waals surface area contributed by atoms with E-state index in [-0.39, 0.29) is 6.61 Å². The minimum Gasteiger partial charge on any atom is -0.392 e. The van der Waals surface area contributed by atoms with Crippen LogP contribution in [0.3, 0.4) is 0 Å². The highest BCUT2D eigenvalue weighted by Crippen LogP contribution is 2.26. The largest absolute Gasteiger partial charge is 0.392 e. The van der Waals surface area contributed by atoms with Gasteiger partial charge in [0.1, 0.15) is 0 Å². The quantitative estimate of drug-likeness (QED) is 0.906. The molecule has 0 bridgehead atoms. The number of benzene rings is 1. The summed E-state index contributed by atoms with van der Waals surface area (Å²) in [6.07, 6.45) is 1.86. The Kier molecular flexibility index (Phi) is 3.75. The highest BCUT2D eigenvalue weighted by molar-refractivity contribution is 7.89. The first kappa shape index (κ1) is 13.5. The summed E-state index contributed by atoms with van der Waals surface area (Å²) in [5.41, 5.74) is 2.35. The molecule has 1 N–H and O–H groups in total. The van der Waals surface area contributed by atoms with Crippen LogP contribution in [0.25, 0.3) is 0 Å². The second-order valence-electron chi connectivity index (χ2n) is 4.81. The van der Waals surface area contributed by atoms with Gasteiger partial charge in [0.05, 0.1) is 11.5 Å². The van der Waals surface area contributed by atoms with Gasteiger partial charge in [0.25, 0.3) is 0 Å². The molecule has 1 aliphatic heterocycles. The van der Waals surface area contributed by atoms with Crippen LogP contribution in [-0.2, 0) is 16.6 Å². The second-order valence-corrected chi connectivity index (χ2v) is 6.72. The van der Waals surface area contributed by atoms with Crippen molar-refractivity contribution in [2.75, 3.05) is 13.1 Å². The Morgan fingerprint density at radius 1 is 1.17 bits per heavy atom. The molecule has 1 saturated heterocycles. The van der Waals surface area contributed by atoms with Crippen molar-refractivity contribution in [2.24, 2.45) is 0 Å². The zero-order valence-electron chi connectivity index (χ0n) is 10.8. The third-order valence-corrected chi connectivity index (χ3v) is 5.53. The van der Waals surface area contributed by atoms with Crippen LogP contribution in [0.15, 0.2) is 17.0 Å². The predicted octanol–water partition coefficient (Wildman–Crippen LogP) is 1.58. The lowest BCUT2D eigenvalue weighted by Crippen LogP contribution is -2.28. The van der Waals surface area contributed by atoms with E-state index in [0.29, 0.717) is 23.5 Å². The number of hydrogen-bond donors (Lipinski definition) is 1. The lowest BCUT2D eigenvalue weighted by atomic mass is 10.1. The number of sulfonamides is 1. The van der Waals surface area contributed by atoms with Crippen LogP contribution in [0.2, 0.25) is 0 Å². The molecular formula is C13H19NO3S. The number of hydrogen-bond acceptors (Lipinski definition) is 3. The summed E-state index contributed by atoms with van der Waals surface area (Å²) in [5, 5.41) is 9.26. The molecule has 4 nitrogen and oxygen atoms in total. The van der Waals surface area contributed by atoms with Crippen LogP contribution in [0.4, 0.5) is 0 Å². The number of rotatable bonds is 3. The Morgan fingerprint density at radius 3 is 2.33 bits per heavy atom. The molecule has 0 unspecified atom stereocenters. The summed E-state index contributed by atoms with van der Waals surface area (Å²) in [5.74, 6) is 0. The zero-order valence-corrected chi connectivity index (χ0v) is 11.6. The number of nitrogens with zero attached hydrogens (tertiary/aromatic N) is 1. The minimum absolute atomic E-state index is 0.130. The number of aliphatic hydroxyl groups is 1. The van der Waals surface area contributed by atoms with Crippen molar-refractivity contribution in [1.29, 1.82) is 0 Å². The molecule has 1 aliphatic rings. The molecule has 2 rings (SSSR count). The van der Waals surface area contributed by atoms with Gasteiger partial charge in [-0.1, -0.05) is 6.07 Å². The SMILES string of the molecule is Cc1cc(C)c(S(=O)(=O)N2CCCC2)cc1CO. The summed E-state index contributed by atoms with van der Waals surface area (Å²) < 4.78 is 26.5. The van der Waals surface area contributed by atoms with Gasteiger partial charge in [-0.15, -0.1) is 0 Å². The molecule has 1 fully saturated rings. The lowest BCUT2D eigenvalue weighted by Gasteiger charge is -2.18. The molecule has 0 aromatic heterocycles. The molecule has 1 aromatic rings. The monoisotopic (exact) mass is 269 g/mol. The first-order chi connectivity index (χ1) is 8.46. The van der Waals surface area contributed by atoms with Gasteiger partial charge in [-0.2, -0.15) is 4.31 Å². The fourth-order valence-electron chi connectivity index (χ4n) is 2.39. The predicted molar refractivity (Wildman–Crippen MR) is 69.8 cm³/mol. The van der Waals surface area contributed by atoms with Gasteiger partial charge in [0.2, 0.25) is 10.0 Å². The summed E-state index contributed by atoms with van der Waals surface area (Å²) in [6.45, 7) is 4.75. The van der Waals surface area contributed by atoms with E-state index in [1.54, 1.807) is 13.0 Å². The maximum Gasteiger partial charge on any atom is 0.243 e. The average Bonchev–Trinajstić information content (AvgIpc) is 2.82. The Bertz CT molecular complexity index is 546. The fraction of sp³-hybridized carbons (Fsp3) is 0.538. The highest BCUT2D eigenvalue weighted by atomic mass is 32.2. The van der Waals surface area contributed by atoms with Crippen LogP contribution in [0, 0.1) is 13.8 Å². The van der Waals surface area contributed by atoms with Crippen LogP contribution in [0.5, 0.6) is 0 Å². The van der Waals surface area contributed by atoms with Gasteiger partial charge in [-0.05, 0) is 49.4 Å². The van der Waals surface area contributed by atoms with Crippen LogP contribution < -0.4 is 0 Å².